The van der Waals surface area contributed by atoms with E-state index in [1.807, 2.05) is 30.3 Å². The summed E-state index contributed by atoms with van der Waals surface area (Å²) in [6.45, 7) is 0.346. The average molecular weight is 544 g/mol. The Hall–Kier alpha value is -5.22. The van der Waals surface area contributed by atoms with Gasteiger partial charge >= 0.3 is 6.03 Å². The topological polar surface area (TPSA) is 132 Å². The Bertz CT molecular complexity index is 1630. The molecule has 11 heteroatoms. The van der Waals surface area contributed by atoms with E-state index in [4.69, 9.17) is 20.8 Å². The van der Waals surface area contributed by atoms with Crippen LogP contribution < -0.4 is 15.0 Å². The molecule has 0 spiro atoms. The quantitative estimate of drug-likeness (QED) is 0.136. The lowest BCUT2D eigenvalue weighted by molar-refractivity contribution is -0.384. The summed E-state index contributed by atoms with van der Waals surface area (Å²) in [5.74, 6) is -0.819. The number of anilines is 1. The Morgan fingerprint density at radius 2 is 1.72 bits per heavy atom. The van der Waals surface area contributed by atoms with Gasteiger partial charge in [0.1, 0.15) is 34.5 Å². The van der Waals surface area contributed by atoms with Crippen LogP contribution in [0.5, 0.6) is 5.75 Å². The Morgan fingerprint density at radius 3 is 2.44 bits per heavy atom. The second-order valence-electron chi connectivity index (χ2n) is 8.35. The van der Waals surface area contributed by atoms with Gasteiger partial charge in [-0.25, -0.2) is 9.69 Å². The number of hydrogen-bond acceptors (Lipinski definition) is 7. The van der Waals surface area contributed by atoms with Gasteiger partial charge in [0.15, 0.2) is 0 Å². The summed E-state index contributed by atoms with van der Waals surface area (Å²) in [6.07, 6.45) is 1.20. The fourth-order valence-electron chi connectivity index (χ4n) is 3.86. The number of barbiturate groups is 1. The molecule has 1 aliphatic heterocycles. The number of benzene rings is 3. The fraction of sp³-hybridized carbons (Fsp3) is 0.0357. The third-order valence-corrected chi connectivity index (χ3v) is 6.11. The average Bonchev–Trinajstić information content (AvgIpc) is 3.40. The monoisotopic (exact) mass is 543 g/mol. The van der Waals surface area contributed by atoms with Crippen LogP contribution in [-0.2, 0) is 16.2 Å². The van der Waals surface area contributed by atoms with Gasteiger partial charge in [0.25, 0.3) is 17.5 Å². The van der Waals surface area contributed by atoms with Gasteiger partial charge in [-0.3, -0.25) is 25.0 Å². The number of furan rings is 1. The number of ether oxygens (including phenoxy) is 1. The number of nitro groups is 1. The van der Waals surface area contributed by atoms with Crippen molar-refractivity contribution in [2.75, 3.05) is 4.90 Å². The highest BCUT2D eigenvalue weighted by Gasteiger charge is 2.37. The number of imide groups is 2. The molecule has 2 heterocycles. The molecule has 1 saturated heterocycles. The Kier molecular flexibility index (Phi) is 6.94. The fourth-order valence-corrected chi connectivity index (χ4v) is 4.04. The largest absolute Gasteiger partial charge is 0.489 e. The summed E-state index contributed by atoms with van der Waals surface area (Å²) < 4.78 is 11.4. The predicted molar refractivity (Wildman–Crippen MR) is 142 cm³/mol. The molecule has 1 aliphatic rings. The number of rotatable bonds is 7. The first-order valence-electron chi connectivity index (χ1n) is 11.5. The molecule has 0 radical (unpaired) electrons. The molecule has 10 nitrogen and oxygen atoms in total. The van der Waals surface area contributed by atoms with Crippen molar-refractivity contribution in [1.82, 2.24) is 5.32 Å². The van der Waals surface area contributed by atoms with Gasteiger partial charge in [-0.2, -0.15) is 0 Å². The molecule has 0 saturated carbocycles. The van der Waals surface area contributed by atoms with Crippen LogP contribution in [0.25, 0.3) is 17.4 Å². The van der Waals surface area contributed by atoms with Crippen LogP contribution in [0.3, 0.4) is 0 Å². The van der Waals surface area contributed by atoms with E-state index in [-0.39, 0.29) is 33.5 Å². The molecule has 5 rings (SSSR count). The van der Waals surface area contributed by atoms with Crippen LogP contribution in [0.4, 0.5) is 16.2 Å². The maximum atomic E-state index is 13.2. The molecule has 4 aromatic rings. The highest BCUT2D eigenvalue weighted by Crippen LogP contribution is 2.32. The van der Waals surface area contributed by atoms with Gasteiger partial charge in [0.2, 0.25) is 0 Å². The number of amides is 4. The van der Waals surface area contributed by atoms with E-state index in [1.54, 1.807) is 12.1 Å². The van der Waals surface area contributed by atoms with Crippen LogP contribution in [0.2, 0.25) is 5.02 Å². The van der Waals surface area contributed by atoms with Crippen molar-refractivity contribution in [3.63, 3.8) is 0 Å². The molecule has 0 aliphatic carbocycles. The zero-order chi connectivity index (χ0) is 27.5. The van der Waals surface area contributed by atoms with Gasteiger partial charge in [-0.05, 0) is 60.2 Å². The number of nitrogens with zero attached hydrogens (tertiary/aromatic N) is 2. The summed E-state index contributed by atoms with van der Waals surface area (Å²) in [7, 11) is 0. The van der Waals surface area contributed by atoms with Crippen LogP contribution in [-0.4, -0.2) is 22.8 Å². The lowest BCUT2D eigenvalue weighted by atomic mass is 10.1. The van der Waals surface area contributed by atoms with Crippen molar-refractivity contribution in [2.45, 2.75) is 6.61 Å². The number of urea groups is 1. The van der Waals surface area contributed by atoms with E-state index >= 15 is 0 Å². The Morgan fingerprint density at radius 1 is 0.974 bits per heavy atom. The first-order chi connectivity index (χ1) is 18.8. The molecule has 194 valence electrons. The van der Waals surface area contributed by atoms with E-state index in [9.17, 15) is 24.5 Å². The summed E-state index contributed by atoms with van der Waals surface area (Å²) >= 11 is 5.87. The zero-order valence-corrected chi connectivity index (χ0v) is 20.8. The molecule has 1 N–H and O–H groups in total. The third kappa shape index (κ3) is 5.41. The summed E-state index contributed by atoms with van der Waals surface area (Å²) in [5.41, 5.74) is 0.967. The van der Waals surface area contributed by atoms with Gasteiger partial charge in [-0.15, -0.1) is 0 Å². The number of halogens is 1. The van der Waals surface area contributed by atoms with E-state index < -0.39 is 22.8 Å². The molecule has 1 aromatic heterocycles. The minimum Gasteiger partial charge on any atom is -0.489 e. The second-order valence-corrected chi connectivity index (χ2v) is 8.76. The maximum absolute atomic E-state index is 13.2. The predicted octanol–water partition coefficient (Wildman–Crippen LogP) is 5.75. The maximum Gasteiger partial charge on any atom is 0.335 e. The third-order valence-electron chi connectivity index (χ3n) is 5.79. The lowest BCUT2D eigenvalue weighted by Gasteiger charge is -2.26. The van der Waals surface area contributed by atoms with Gasteiger partial charge in [0.05, 0.1) is 10.6 Å². The highest BCUT2D eigenvalue weighted by molar-refractivity contribution is 6.39. The van der Waals surface area contributed by atoms with Crippen molar-refractivity contribution in [3.8, 4) is 17.1 Å². The normalized spacial score (nSPS) is 14.4. The summed E-state index contributed by atoms with van der Waals surface area (Å²) in [6, 6.07) is 22.2. The lowest BCUT2D eigenvalue weighted by Crippen LogP contribution is -2.54. The summed E-state index contributed by atoms with van der Waals surface area (Å²) in [5, 5.41) is 13.3. The van der Waals surface area contributed by atoms with E-state index in [2.05, 4.69) is 5.32 Å². The van der Waals surface area contributed by atoms with Crippen molar-refractivity contribution in [1.29, 1.82) is 0 Å². The molecule has 1 fully saturated rings. The molecule has 39 heavy (non-hydrogen) atoms. The first kappa shape index (κ1) is 25.4. The minimum atomic E-state index is -0.895. The molecule has 0 unspecified atom stereocenters. The second kappa shape index (κ2) is 10.6. The molecule has 0 atom stereocenters. The number of nitro benzene ring substituents is 1. The summed E-state index contributed by atoms with van der Waals surface area (Å²) in [4.78, 5) is 49.6. The van der Waals surface area contributed by atoms with Crippen LogP contribution >= 0.6 is 11.6 Å². The Balaban J connectivity index is 1.36. The van der Waals surface area contributed by atoms with Crippen molar-refractivity contribution >= 4 is 46.9 Å². The highest BCUT2D eigenvalue weighted by atomic mass is 35.5. The van der Waals surface area contributed by atoms with Gasteiger partial charge < -0.3 is 9.15 Å². The van der Waals surface area contributed by atoms with Crippen molar-refractivity contribution in [2.24, 2.45) is 0 Å². The number of carbonyl (C=O) groups is 3. The van der Waals surface area contributed by atoms with Crippen molar-refractivity contribution in [3.05, 3.63) is 117 Å². The molecular weight excluding hydrogens is 526 g/mol. The van der Waals surface area contributed by atoms with Gasteiger partial charge in [0, 0.05) is 11.6 Å². The molecular formula is C28H18ClN3O7. The standard InChI is InChI=1S/C28H18ClN3O7/c29-23-12-6-18(14-24(23)32(36)37)25-13-11-21(39-25)15-22-26(33)30-28(35)31(27(22)34)19-7-9-20(10-8-19)38-16-17-4-2-1-3-5-17/h1-15H,16H2,(H,30,33,35)/b22-15-. The van der Waals surface area contributed by atoms with E-state index in [1.165, 1.54) is 48.5 Å². The number of nitrogens with one attached hydrogen (secondary N) is 1. The molecule has 0 bridgehead atoms. The van der Waals surface area contributed by atoms with Crippen LogP contribution in [0.1, 0.15) is 11.3 Å². The van der Waals surface area contributed by atoms with E-state index in [0.717, 1.165) is 10.5 Å². The van der Waals surface area contributed by atoms with E-state index in [0.29, 0.717) is 17.9 Å². The van der Waals surface area contributed by atoms with Crippen LogP contribution in [0.15, 0.2) is 94.9 Å². The first-order valence-corrected chi connectivity index (χ1v) is 11.9. The number of hydrogen-bond donors (Lipinski definition) is 1. The Labute approximate surface area is 226 Å². The number of carbonyl (C=O) groups excluding carboxylic acids is 3. The van der Waals surface area contributed by atoms with Crippen molar-refractivity contribution < 1.29 is 28.5 Å². The molecule has 4 amide bonds. The SMILES string of the molecule is O=C1NC(=O)N(c2ccc(OCc3ccccc3)cc2)C(=O)/C1=C\c1ccc(-c2ccc(Cl)c([N+](=O)[O-])c2)o1. The van der Waals surface area contributed by atoms with Gasteiger partial charge in [-0.1, -0.05) is 41.9 Å². The minimum absolute atomic E-state index is 0.0253. The van der Waals surface area contributed by atoms with Crippen LogP contribution in [0, 0.1) is 10.1 Å². The zero-order valence-electron chi connectivity index (χ0n) is 20.0. The molecule has 3 aromatic carbocycles. The smallest absolute Gasteiger partial charge is 0.335 e.